The summed E-state index contributed by atoms with van der Waals surface area (Å²) in [6.07, 6.45) is 1.38. The van der Waals surface area contributed by atoms with Crippen LogP contribution in [0.25, 0.3) is 0 Å². The highest BCUT2D eigenvalue weighted by Crippen LogP contribution is 2.30. The summed E-state index contributed by atoms with van der Waals surface area (Å²) in [5, 5.41) is 4.72. The van der Waals surface area contributed by atoms with Crippen LogP contribution in [0.5, 0.6) is 0 Å². The molecule has 0 fully saturated rings. The van der Waals surface area contributed by atoms with Crippen LogP contribution in [0, 0.1) is 0 Å². The van der Waals surface area contributed by atoms with E-state index < -0.39 is 19.9 Å². The van der Waals surface area contributed by atoms with Gasteiger partial charge >= 0.3 is 0 Å². The minimum atomic E-state index is -3.85. The molecule has 0 unspecified atom stereocenters. The van der Waals surface area contributed by atoms with Gasteiger partial charge in [0.25, 0.3) is 10.0 Å². The Bertz CT molecular complexity index is 581. The number of aromatic nitrogens is 1. The molecule has 78 valence electrons. The normalized spacial score (nSPS) is 19.5. The predicted molar refractivity (Wildman–Crippen MR) is 47.9 cm³/mol. The van der Waals surface area contributed by atoms with Crippen LogP contribution in [0.4, 0.5) is 0 Å². The fourth-order valence-electron chi connectivity index (χ4n) is 1.53. The maximum Gasteiger partial charge on any atom is 0.253 e. The van der Waals surface area contributed by atoms with Crippen molar-refractivity contribution in [2.45, 2.75) is 16.3 Å². The number of sulfone groups is 1. The number of aromatic amines is 1. The number of fused-ring (bicyclic) bond motifs is 1. The largest absolute Gasteiger partial charge is 0.350 e. The maximum atomic E-state index is 11.3. The van der Waals surface area contributed by atoms with Crippen LogP contribution in [0.3, 0.4) is 0 Å². The quantitative estimate of drug-likeness (QED) is 0.651. The molecular weight excluding hydrogens is 228 g/mol. The molecule has 1 aromatic heterocycles. The van der Waals surface area contributed by atoms with Gasteiger partial charge in [-0.05, 0) is 6.42 Å². The van der Waals surface area contributed by atoms with E-state index in [1.807, 2.05) is 0 Å². The Kier molecular flexibility index (Phi) is 1.79. The van der Waals surface area contributed by atoms with Gasteiger partial charge in [-0.3, -0.25) is 0 Å². The first-order valence-corrected chi connectivity index (χ1v) is 6.98. The lowest BCUT2D eigenvalue weighted by Gasteiger charge is -1.95. The molecule has 14 heavy (non-hydrogen) atoms. The number of hydrogen-bond acceptors (Lipinski definition) is 4. The Balaban J connectivity index is 2.75. The number of sulfonamides is 1. The van der Waals surface area contributed by atoms with Crippen LogP contribution in [-0.4, -0.2) is 27.6 Å². The molecule has 0 spiro atoms. The Morgan fingerprint density at radius 1 is 1.43 bits per heavy atom. The minimum Gasteiger partial charge on any atom is -0.350 e. The number of rotatable bonds is 1. The highest BCUT2D eigenvalue weighted by Gasteiger charge is 2.32. The van der Waals surface area contributed by atoms with E-state index in [4.69, 9.17) is 5.14 Å². The van der Waals surface area contributed by atoms with Crippen molar-refractivity contribution in [3.63, 3.8) is 0 Å². The average molecular weight is 236 g/mol. The molecule has 0 bridgehead atoms. The molecule has 3 N–H and O–H groups in total. The first kappa shape index (κ1) is 9.69. The monoisotopic (exact) mass is 236 g/mol. The molecule has 1 aliphatic rings. The number of H-pyrrole nitrogens is 1. The van der Waals surface area contributed by atoms with E-state index in [0.29, 0.717) is 0 Å². The number of primary sulfonamides is 1. The van der Waals surface area contributed by atoms with E-state index in [0.717, 1.165) is 0 Å². The van der Waals surface area contributed by atoms with E-state index in [-0.39, 0.29) is 27.7 Å². The lowest BCUT2D eigenvalue weighted by atomic mass is 10.3. The van der Waals surface area contributed by atoms with Gasteiger partial charge in [-0.15, -0.1) is 0 Å². The molecule has 6 nitrogen and oxygen atoms in total. The predicted octanol–water partition coefficient (Wildman–Crippen LogP) is -1.01. The fourth-order valence-corrected chi connectivity index (χ4v) is 3.89. The highest BCUT2D eigenvalue weighted by molar-refractivity contribution is 7.92. The summed E-state index contributed by atoms with van der Waals surface area (Å²) in [4.78, 5) is 2.44. The molecule has 1 aliphatic heterocycles. The molecule has 0 aliphatic carbocycles. The van der Waals surface area contributed by atoms with Gasteiger partial charge in [-0.25, -0.2) is 22.0 Å². The van der Waals surface area contributed by atoms with Crippen molar-refractivity contribution < 1.29 is 16.8 Å². The van der Waals surface area contributed by atoms with Gasteiger partial charge in [0.1, 0.15) is 0 Å². The zero-order chi connectivity index (χ0) is 10.6. The average Bonchev–Trinajstić information content (AvgIpc) is 2.51. The smallest absolute Gasteiger partial charge is 0.253 e. The van der Waals surface area contributed by atoms with E-state index in [1.54, 1.807) is 0 Å². The fraction of sp³-hybridized carbons (Fsp3) is 0.333. The lowest BCUT2D eigenvalue weighted by Crippen LogP contribution is -2.14. The van der Waals surface area contributed by atoms with Crippen molar-refractivity contribution in [3.8, 4) is 0 Å². The Labute approximate surface area is 81.1 Å². The molecular formula is C6H8N2O4S2. The van der Waals surface area contributed by atoms with Crippen LogP contribution in [0.15, 0.2) is 16.1 Å². The molecule has 2 heterocycles. The summed E-state index contributed by atoms with van der Waals surface area (Å²) in [6, 6.07) is 0. The number of nitrogens with one attached hydrogen (secondary N) is 1. The Morgan fingerprint density at radius 2 is 2.07 bits per heavy atom. The van der Waals surface area contributed by atoms with Gasteiger partial charge in [0.05, 0.1) is 10.6 Å². The van der Waals surface area contributed by atoms with Gasteiger partial charge in [0, 0.05) is 11.8 Å². The van der Waals surface area contributed by atoms with Crippen LogP contribution in [0.2, 0.25) is 0 Å². The van der Waals surface area contributed by atoms with Crippen molar-refractivity contribution >= 4 is 19.9 Å². The molecule has 1 aromatic rings. The number of nitrogens with two attached hydrogens (primary N) is 1. The van der Waals surface area contributed by atoms with Crippen molar-refractivity contribution in [3.05, 3.63) is 11.8 Å². The van der Waals surface area contributed by atoms with Gasteiger partial charge in [0.15, 0.2) is 14.9 Å². The minimum absolute atomic E-state index is 0.0468. The second-order valence-corrected chi connectivity index (χ2v) is 6.65. The van der Waals surface area contributed by atoms with Crippen LogP contribution >= 0.6 is 0 Å². The summed E-state index contributed by atoms with van der Waals surface area (Å²) >= 11 is 0. The summed E-state index contributed by atoms with van der Waals surface area (Å²) in [7, 11) is -7.15. The molecule has 0 radical (unpaired) electrons. The Morgan fingerprint density at radius 3 is 2.64 bits per heavy atom. The van der Waals surface area contributed by atoms with Gasteiger partial charge < -0.3 is 4.98 Å². The third kappa shape index (κ3) is 1.26. The van der Waals surface area contributed by atoms with Gasteiger partial charge in [0.2, 0.25) is 0 Å². The molecule has 0 saturated heterocycles. The van der Waals surface area contributed by atoms with Crippen LogP contribution in [0.1, 0.15) is 5.56 Å². The van der Waals surface area contributed by atoms with Crippen molar-refractivity contribution in [1.29, 1.82) is 0 Å². The molecule has 0 saturated carbocycles. The molecule has 8 heteroatoms. The molecule has 0 amide bonds. The lowest BCUT2D eigenvalue weighted by molar-refractivity contribution is 0.593. The first-order chi connectivity index (χ1) is 6.32. The zero-order valence-electron chi connectivity index (χ0n) is 7.02. The second-order valence-electron chi connectivity index (χ2n) is 3.07. The van der Waals surface area contributed by atoms with Crippen LogP contribution < -0.4 is 5.14 Å². The van der Waals surface area contributed by atoms with Gasteiger partial charge in [-0.1, -0.05) is 0 Å². The van der Waals surface area contributed by atoms with E-state index in [9.17, 15) is 16.8 Å². The summed E-state index contributed by atoms with van der Waals surface area (Å²) in [6.45, 7) is 0. The van der Waals surface area contributed by atoms with E-state index in [1.165, 1.54) is 6.20 Å². The zero-order valence-corrected chi connectivity index (χ0v) is 8.65. The first-order valence-electron chi connectivity index (χ1n) is 3.78. The summed E-state index contributed by atoms with van der Waals surface area (Å²) in [5.74, 6) is -0.0468. The Hall–Kier alpha value is -0.860. The third-order valence-electron chi connectivity index (χ3n) is 2.15. The molecule has 2 rings (SSSR count). The molecule has 0 aromatic carbocycles. The van der Waals surface area contributed by atoms with Crippen LogP contribution in [-0.2, 0) is 26.3 Å². The summed E-state index contributed by atoms with van der Waals surface area (Å²) < 4.78 is 44.7. The number of hydrogen-bond donors (Lipinski definition) is 2. The summed E-state index contributed by atoms with van der Waals surface area (Å²) in [5.41, 5.74) is 0.285. The second kappa shape index (κ2) is 2.59. The van der Waals surface area contributed by atoms with Crippen molar-refractivity contribution in [1.82, 2.24) is 4.98 Å². The third-order valence-corrected chi connectivity index (χ3v) is 4.86. The van der Waals surface area contributed by atoms with Crippen molar-refractivity contribution in [2.24, 2.45) is 5.14 Å². The maximum absolute atomic E-state index is 11.3. The van der Waals surface area contributed by atoms with E-state index in [2.05, 4.69) is 4.98 Å². The molecule has 0 atom stereocenters. The highest BCUT2D eigenvalue weighted by atomic mass is 32.2. The topological polar surface area (TPSA) is 110 Å². The van der Waals surface area contributed by atoms with E-state index >= 15 is 0 Å². The van der Waals surface area contributed by atoms with Crippen molar-refractivity contribution in [2.75, 3.05) is 5.75 Å². The van der Waals surface area contributed by atoms with Gasteiger partial charge in [-0.2, -0.15) is 0 Å². The standard InChI is InChI=1S/C6H8N2O4S2/c7-14(11,12)6-4-1-2-13(9,10)5(4)3-8-6/h3,8H,1-2H2,(H2,7,11,12). The SMILES string of the molecule is NS(=O)(=O)c1[nH]cc2c1CCS2(=O)=O.